The van der Waals surface area contributed by atoms with Gasteiger partial charge in [-0.05, 0) is 61.1 Å². The van der Waals surface area contributed by atoms with Crippen molar-refractivity contribution in [3.8, 4) is 0 Å². The molecule has 0 aromatic heterocycles. The highest BCUT2D eigenvalue weighted by molar-refractivity contribution is 5.77. The molecule has 2 N–H and O–H groups in total. The van der Waals surface area contributed by atoms with Gasteiger partial charge in [-0.25, -0.2) is 0 Å². The van der Waals surface area contributed by atoms with Crippen LogP contribution in [-0.2, 0) is 4.79 Å². The Balaban J connectivity index is 1.31. The van der Waals surface area contributed by atoms with Crippen molar-refractivity contribution in [2.45, 2.75) is 43.9 Å². The van der Waals surface area contributed by atoms with Crippen molar-refractivity contribution in [1.29, 1.82) is 0 Å². The van der Waals surface area contributed by atoms with E-state index in [0.29, 0.717) is 42.5 Å². The molecule has 148 valence electrons. The van der Waals surface area contributed by atoms with Crippen molar-refractivity contribution >= 4 is 5.91 Å². The Morgan fingerprint density at radius 2 is 1.46 bits per heavy atom. The maximum Gasteiger partial charge on any atom is 0.222 e. The Bertz CT molecular complexity index is 753. The summed E-state index contributed by atoms with van der Waals surface area (Å²) in [6.07, 6.45) is 5.46. The lowest BCUT2D eigenvalue weighted by atomic mass is 9.77. The van der Waals surface area contributed by atoms with Crippen LogP contribution in [0.4, 0.5) is 0 Å². The average molecular weight is 377 g/mol. The number of nitrogens with zero attached hydrogens (tertiary/aromatic N) is 1. The summed E-state index contributed by atoms with van der Waals surface area (Å²) in [6, 6.07) is 21.4. The molecule has 2 atom stereocenters. The van der Waals surface area contributed by atoms with E-state index in [1.54, 1.807) is 0 Å². The van der Waals surface area contributed by atoms with Crippen molar-refractivity contribution in [1.82, 2.24) is 4.90 Å². The molecule has 2 aromatic carbocycles. The predicted octanol–water partition coefficient (Wildman–Crippen LogP) is 4.55. The van der Waals surface area contributed by atoms with Crippen molar-refractivity contribution in [2.24, 2.45) is 17.6 Å². The highest BCUT2D eigenvalue weighted by atomic mass is 16.2. The van der Waals surface area contributed by atoms with Crippen LogP contribution in [0.3, 0.4) is 0 Å². The number of carbonyl (C=O) groups is 1. The highest BCUT2D eigenvalue weighted by Gasteiger charge is 2.36. The van der Waals surface area contributed by atoms with Gasteiger partial charge in [0.25, 0.3) is 0 Å². The van der Waals surface area contributed by atoms with E-state index in [0.717, 1.165) is 13.1 Å². The van der Waals surface area contributed by atoms with Gasteiger partial charge in [0.2, 0.25) is 5.91 Å². The molecule has 3 heteroatoms. The number of likely N-dealkylation sites (tertiary alicyclic amines) is 1. The molecular weight excluding hydrogens is 344 g/mol. The summed E-state index contributed by atoms with van der Waals surface area (Å²) in [5.41, 5.74) is 8.82. The smallest absolute Gasteiger partial charge is 0.222 e. The maximum atomic E-state index is 13.0. The Labute approximate surface area is 168 Å². The quantitative estimate of drug-likeness (QED) is 0.832. The summed E-state index contributed by atoms with van der Waals surface area (Å²) in [6.45, 7) is 2.28. The fourth-order valence-corrected chi connectivity index (χ4v) is 5.19. The molecule has 0 radical (unpaired) electrons. The van der Waals surface area contributed by atoms with E-state index < -0.39 is 0 Å². The van der Waals surface area contributed by atoms with E-state index in [4.69, 9.17) is 5.73 Å². The average Bonchev–Trinajstić information content (AvgIpc) is 3.20. The van der Waals surface area contributed by atoms with E-state index >= 15 is 0 Å². The van der Waals surface area contributed by atoms with Crippen LogP contribution in [0.1, 0.15) is 55.1 Å². The van der Waals surface area contributed by atoms with Crippen molar-refractivity contribution in [3.05, 3.63) is 71.8 Å². The second-order valence-corrected chi connectivity index (χ2v) is 8.64. The first-order chi connectivity index (χ1) is 13.7. The largest absolute Gasteiger partial charge is 0.342 e. The van der Waals surface area contributed by atoms with Crippen molar-refractivity contribution in [2.75, 3.05) is 19.6 Å². The van der Waals surface area contributed by atoms with Gasteiger partial charge >= 0.3 is 0 Å². The lowest BCUT2D eigenvalue weighted by Gasteiger charge is -2.29. The molecule has 1 aliphatic heterocycles. The third-order valence-electron chi connectivity index (χ3n) is 6.91. The molecule has 1 saturated heterocycles. The number of hydrogen-bond donors (Lipinski definition) is 1. The Hall–Kier alpha value is -2.13. The number of hydrogen-bond acceptors (Lipinski definition) is 2. The van der Waals surface area contributed by atoms with Gasteiger partial charge in [-0.3, -0.25) is 4.79 Å². The second kappa shape index (κ2) is 8.91. The first-order valence-corrected chi connectivity index (χ1v) is 10.8. The predicted molar refractivity (Wildman–Crippen MR) is 114 cm³/mol. The fraction of sp³-hybridized carbons (Fsp3) is 0.480. The van der Waals surface area contributed by atoms with E-state index in [-0.39, 0.29) is 0 Å². The van der Waals surface area contributed by atoms with Gasteiger partial charge in [-0.2, -0.15) is 0 Å². The lowest BCUT2D eigenvalue weighted by molar-refractivity contribution is -0.131. The van der Waals surface area contributed by atoms with Crippen LogP contribution in [0.2, 0.25) is 0 Å². The number of rotatable bonds is 5. The Morgan fingerprint density at radius 3 is 2.07 bits per heavy atom. The molecule has 28 heavy (non-hydrogen) atoms. The summed E-state index contributed by atoms with van der Waals surface area (Å²) in [4.78, 5) is 15.1. The lowest BCUT2D eigenvalue weighted by Crippen LogP contribution is -2.32. The Kier molecular flexibility index (Phi) is 6.11. The summed E-state index contributed by atoms with van der Waals surface area (Å²) >= 11 is 0. The van der Waals surface area contributed by atoms with Gasteiger partial charge in [0.15, 0.2) is 0 Å². The van der Waals surface area contributed by atoms with Gasteiger partial charge in [0.05, 0.1) is 0 Å². The monoisotopic (exact) mass is 376 g/mol. The Morgan fingerprint density at radius 1 is 0.857 bits per heavy atom. The summed E-state index contributed by atoms with van der Waals surface area (Å²) in [5.74, 6) is 2.30. The van der Waals surface area contributed by atoms with Crippen LogP contribution in [0.25, 0.3) is 0 Å². The molecule has 1 aliphatic carbocycles. The van der Waals surface area contributed by atoms with Gasteiger partial charge in [-0.15, -0.1) is 0 Å². The third kappa shape index (κ3) is 4.30. The maximum absolute atomic E-state index is 13.0. The summed E-state index contributed by atoms with van der Waals surface area (Å²) < 4.78 is 0. The molecule has 3 nitrogen and oxygen atoms in total. The molecule has 1 amide bonds. The first kappa shape index (κ1) is 19.2. The zero-order chi connectivity index (χ0) is 19.3. The van der Waals surface area contributed by atoms with E-state index in [2.05, 4.69) is 59.5 Å². The molecule has 0 spiro atoms. The molecule has 0 bridgehead atoms. The zero-order valence-corrected chi connectivity index (χ0v) is 16.7. The van der Waals surface area contributed by atoms with E-state index in [9.17, 15) is 4.79 Å². The topological polar surface area (TPSA) is 46.3 Å². The fourth-order valence-electron chi connectivity index (χ4n) is 5.19. The number of amides is 1. The van der Waals surface area contributed by atoms with Gasteiger partial charge in [-0.1, -0.05) is 60.7 Å². The third-order valence-corrected chi connectivity index (χ3v) is 6.91. The normalized spacial score (nSPS) is 27.7. The zero-order valence-electron chi connectivity index (χ0n) is 16.7. The van der Waals surface area contributed by atoms with Gasteiger partial charge < -0.3 is 10.6 Å². The number of carbonyl (C=O) groups excluding carboxylic acids is 1. The van der Waals surface area contributed by atoms with E-state index in [1.807, 2.05) is 6.07 Å². The molecular formula is C25H32N2O. The molecule has 0 unspecified atom stereocenters. The van der Waals surface area contributed by atoms with Crippen LogP contribution < -0.4 is 5.73 Å². The molecule has 2 aromatic rings. The highest BCUT2D eigenvalue weighted by Crippen LogP contribution is 2.38. The molecule has 1 heterocycles. The summed E-state index contributed by atoms with van der Waals surface area (Å²) in [7, 11) is 0. The molecule has 1 saturated carbocycles. The molecule has 2 aliphatic rings. The SMILES string of the molecule is NC[C@@H]1CN(C(=O)CC2CCC(c3ccccc3)CC2)C[C@H]1c1ccccc1. The van der Waals surface area contributed by atoms with Crippen LogP contribution in [0.15, 0.2) is 60.7 Å². The van der Waals surface area contributed by atoms with Crippen LogP contribution >= 0.6 is 0 Å². The van der Waals surface area contributed by atoms with Crippen LogP contribution in [-0.4, -0.2) is 30.4 Å². The van der Waals surface area contributed by atoms with Gasteiger partial charge in [0, 0.05) is 25.4 Å². The van der Waals surface area contributed by atoms with Crippen LogP contribution in [0, 0.1) is 11.8 Å². The standard InChI is InChI=1S/C25H32N2O/c26-16-23-17-27(18-24(23)22-9-5-2-6-10-22)25(28)15-19-11-13-21(14-12-19)20-7-3-1-4-8-20/h1-10,19,21,23-24H,11-18,26H2/t19?,21?,23-,24+/m1/s1. The minimum atomic E-state index is 0.333. The van der Waals surface area contributed by atoms with Gasteiger partial charge in [0.1, 0.15) is 0 Å². The first-order valence-electron chi connectivity index (χ1n) is 10.8. The number of benzene rings is 2. The molecule has 4 rings (SSSR count). The molecule has 2 fully saturated rings. The second-order valence-electron chi connectivity index (χ2n) is 8.64. The van der Waals surface area contributed by atoms with Crippen molar-refractivity contribution in [3.63, 3.8) is 0 Å². The number of nitrogens with two attached hydrogens (primary N) is 1. The van der Waals surface area contributed by atoms with Crippen LogP contribution in [0.5, 0.6) is 0 Å². The minimum Gasteiger partial charge on any atom is -0.342 e. The summed E-state index contributed by atoms with van der Waals surface area (Å²) in [5, 5.41) is 0. The van der Waals surface area contributed by atoms with Crippen molar-refractivity contribution < 1.29 is 4.79 Å². The minimum absolute atomic E-state index is 0.333. The van der Waals surface area contributed by atoms with E-state index in [1.165, 1.54) is 36.8 Å².